The van der Waals surface area contributed by atoms with Crippen molar-refractivity contribution in [1.82, 2.24) is 0 Å². The summed E-state index contributed by atoms with van der Waals surface area (Å²) in [7, 11) is 0. The van der Waals surface area contributed by atoms with Crippen LogP contribution in [0.4, 0.5) is 22.0 Å². The SMILES string of the molecule is O=C(O)C(F)C(F)(F)C(F)(F)C(=O)O. The van der Waals surface area contributed by atoms with Crippen LogP contribution in [0.3, 0.4) is 0 Å². The lowest BCUT2D eigenvalue weighted by Crippen LogP contribution is -2.55. The van der Waals surface area contributed by atoms with Crippen molar-refractivity contribution in [1.29, 1.82) is 0 Å². The zero-order valence-electron chi connectivity index (χ0n) is 6.18. The van der Waals surface area contributed by atoms with Crippen LogP contribution in [0.1, 0.15) is 0 Å². The number of carbonyl (C=O) groups is 2. The highest BCUT2D eigenvalue weighted by atomic mass is 19.3. The zero-order chi connectivity index (χ0) is 11.7. The van der Waals surface area contributed by atoms with Gasteiger partial charge in [0.15, 0.2) is 0 Å². The van der Waals surface area contributed by atoms with Crippen LogP contribution in [0, 0.1) is 0 Å². The van der Waals surface area contributed by atoms with Gasteiger partial charge < -0.3 is 10.2 Å². The molecule has 0 rings (SSSR count). The molecule has 0 saturated heterocycles. The number of hydrogen-bond acceptors (Lipinski definition) is 2. The van der Waals surface area contributed by atoms with Gasteiger partial charge in [-0.25, -0.2) is 14.0 Å². The van der Waals surface area contributed by atoms with Crippen molar-refractivity contribution in [2.24, 2.45) is 0 Å². The van der Waals surface area contributed by atoms with Crippen LogP contribution < -0.4 is 0 Å². The van der Waals surface area contributed by atoms with Crippen molar-refractivity contribution in [3.8, 4) is 0 Å². The Morgan fingerprint density at radius 1 is 1.07 bits per heavy atom. The molecule has 0 spiro atoms. The summed E-state index contributed by atoms with van der Waals surface area (Å²) in [6.07, 6.45) is -4.28. The van der Waals surface area contributed by atoms with Crippen molar-refractivity contribution in [3.63, 3.8) is 0 Å². The minimum atomic E-state index is -5.80. The number of halogens is 5. The van der Waals surface area contributed by atoms with E-state index in [0.717, 1.165) is 0 Å². The van der Waals surface area contributed by atoms with Gasteiger partial charge in [0.2, 0.25) is 0 Å². The van der Waals surface area contributed by atoms with Crippen LogP contribution in [0.2, 0.25) is 0 Å². The van der Waals surface area contributed by atoms with E-state index in [0.29, 0.717) is 0 Å². The first kappa shape index (κ1) is 12.6. The van der Waals surface area contributed by atoms with Gasteiger partial charge in [0.05, 0.1) is 0 Å². The van der Waals surface area contributed by atoms with Crippen LogP contribution in [0.5, 0.6) is 0 Å². The molecule has 0 bridgehead atoms. The van der Waals surface area contributed by atoms with Gasteiger partial charge in [-0.15, -0.1) is 0 Å². The average Bonchev–Trinajstić information content (AvgIpc) is 2.01. The number of aliphatic carboxylic acids is 2. The van der Waals surface area contributed by atoms with Gasteiger partial charge in [-0.1, -0.05) is 0 Å². The number of hydrogen-bond donors (Lipinski definition) is 2. The third-order valence-corrected chi connectivity index (χ3v) is 1.22. The first-order valence-electron chi connectivity index (χ1n) is 2.91. The van der Waals surface area contributed by atoms with Crippen LogP contribution in [-0.2, 0) is 9.59 Å². The van der Waals surface area contributed by atoms with E-state index in [4.69, 9.17) is 10.2 Å². The molecule has 0 heterocycles. The lowest BCUT2D eigenvalue weighted by molar-refractivity contribution is -0.244. The van der Waals surface area contributed by atoms with Crippen LogP contribution in [0.25, 0.3) is 0 Å². The highest BCUT2D eigenvalue weighted by Gasteiger charge is 2.69. The maximum atomic E-state index is 12.2. The molecule has 0 saturated carbocycles. The lowest BCUT2D eigenvalue weighted by atomic mass is 10.1. The van der Waals surface area contributed by atoms with E-state index in [2.05, 4.69) is 0 Å². The second-order valence-electron chi connectivity index (χ2n) is 2.20. The molecule has 1 unspecified atom stereocenters. The minimum absolute atomic E-state index is 2.86. The molecule has 4 nitrogen and oxygen atoms in total. The minimum Gasteiger partial charge on any atom is -0.479 e. The van der Waals surface area contributed by atoms with Gasteiger partial charge in [-0.05, 0) is 0 Å². The Bertz CT molecular complexity index is 263. The first-order chi connectivity index (χ1) is 6.05. The van der Waals surface area contributed by atoms with Gasteiger partial charge in [0, 0.05) is 0 Å². The van der Waals surface area contributed by atoms with Crippen LogP contribution in [0.15, 0.2) is 0 Å². The zero-order valence-corrected chi connectivity index (χ0v) is 6.18. The van der Waals surface area contributed by atoms with E-state index in [1.165, 1.54) is 0 Å². The van der Waals surface area contributed by atoms with Crippen molar-refractivity contribution in [2.75, 3.05) is 0 Å². The summed E-state index contributed by atoms with van der Waals surface area (Å²) < 4.78 is 60.7. The number of carboxylic acid groups (broad SMARTS) is 2. The van der Waals surface area contributed by atoms with Crippen LogP contribution in [-0.4, -0.2) is 40.2 Å². The molecular formula is C5H3F5O4. The normalized spacial score (nSPS) is 14.9. The Morgan fingerprint density at radius 3 is 1.64 bits per heavy atom. The van der Waals surface area contributed by atoms with Crippen molar-refractivity contribution in [3.05, 3.63) is 0 Å². The highest BCUT2D eigenvalue weighted by Crippen LogP contribution is 2.38. The number of rotatable bonds is 4. The average molecular weight is 222 g/mol. The molecule has 0 aliphatic carbocycles. The van der Waals surface area contributed by atoms with Gasteiger partial charge in [-0.3, -0.25) is 0 Å². The van der Waals surface area contributed by atoms with E-state index in [1.54, 1.807) is 0 Å². The Balaban J connectivity index is 5.13. The predicted molar refractivity (Wildman–Crippen MR) is 30.1 cm³/mol. The lowest BCUT2D eigenvalue weighted by Gasteiger charge is -2.23. The summed E-state index contributed by atoms with van der Waals surface area (Å²) in [6.45, 7) is 0. The van der Waals surface area contributed by atoms with Crippen molar-refractivity contribution < 1.29 is 41.8 Å². The summed E-state index contributed by atoms with van der Waals surface area (Å²) in [4.78, 5) is 19.2. The van der Waals surface area contributed by atoms with Crippen molar-refractivity contribution in [2.45, 2.75) is 18.0 Å². The summed E-state index contributed by atoms with van der Waals surface area (Å²) in [5.41, 5.74) is 0. The monoisotopic (exact) mass is 222 g/mol. The van der Waals surface area contributed by atoms with E-state index in [-0.39, 0.29) is 0 Å². The molecule has 0 amide bonds. The largest absolute Gasteiger partial charge is 0.479 e. The fourth-order valence-corrected chi connectivity index (χ4v) is 0.457. The molecule has 14 heavy (non-hydrogen) atoms. The van der Waals surface area contributed by atoms with E-state index >= 15 is 0 Å². The Hall–Kier alpha value is -1.41. The molecule has 2 N–H and O–H groups in total. The van der Waals surface area contributed by atoms with Gasteiger partial charge >= 0.3 is 23.8 Å². The summed E-state index contributed by atoms with van der Waals surface area (Å²) in [6, 6.07) is 0. The van der Waals surface area contributed by atoms with Gasteiger partial charge in [-0.2, -0.15) is 17.6 Å². The molecule has 0 aromatic rings. The third kappa shape index (κ3) is 1.75. The van der Waals surface area contributed by atoms with Crippen molar-refractivity contribution >= 4 is 11.9 Å². The Kier molecular flexibility index (Phi) is 3.05. The van der Waals surface area contributed by atoms with E-state index in [9.17, 15) is 31.5 Å². The second kappa shape index (κ2) is 3.39. The maximum absolute atomic E-state index is 12.2. The topological polar surface area (TPSA) is 74.6 Å². The number of carboxylic acids is 2. The molecule has 0 aliphatic heterocycles. The van der Waals surface area contributed by atoms with E-state index < -0.39 is 30.0 Å². The summed E-state index contributed by atoms with van der Waals surface area (Å²) in [5.74, 6) is -17.7. The molecule has 0 aromatic carbocycles. The molecule has 0 fully saturated rings. The third-order valence-electron chi connectivity index (χ3n) is 1.22. The smallest absolute Gasteiger partial charge is 0.407 e. The molecule has 9 heteroatoms. The fraction of sp³-hybridized carbons (Fsp3) is 0.600. The maximum Gasteiger partial charge on any atom is 0.407 e. The van der Waals surface area contributed by atoms with E-state index in [1.807, 2.05) is 0 Å². The van der Waals surface area contributed by atoms with Gasteiger partial charge in [0.1, 0.15) is 0 Å². The molecule has 82 valence electrons. The molecule has 0 radical (unpaired) electrons. The number of alkyl halides is 5. The second-order valence-corrected chi connectivity index (χ2v) is 2.20. The Labute approximate surface area is 72.9 Å². The molecule has 0 aromatic heterocycles. The molecule has 1 atom stereocenters. The summed E-state index contributed by atoms with van der Waals surface area (Å²) in [5, 5.41) is 15.3. The first-order valence-corrected chi connectivity index (χ1v) is 2.91. The standard InChI is InChI=1S/C5H3F5O4/c6-1(2(11)12)4(7,8)5(9,10)3(13)14/h1H,(H,11,12)(H,13,14). The molecular weight excluding hydrogens is 219 g/mol. The predicted octanol–water partition coefficient (Wildman–Crippen LogP) is 0.764. The van der Waals surface area contributed by atoms with Crippen LogP contribution >= 0.6 is 0 Å². The molecule has 0 aliphatic rings. The Morgan fingerprint density at radius 2 is 1.43 bits per heavy atom. The van der Waals surface area contributed by atoms with Gasteiger partial charge in [0.25, 0.3) is 6.17 Å². The quantitative estimate of drug-likeness (QED) is 0.688. The summed E-state index contributed by atoms with van der Waals surface area (Å²) >= 11 is 0. The highest BCUT2D eigenvalue weighted by molar-refractivity contribution is 5.80. The fourth-order valence-electron chi connectivity index (χ4n) is 0.457.